The van der Waals surface area contributed by atoms with Gasteiger partial charge in [0.1, 0.15) is 5.76 Å². The Morgan fingerprint density at radius 3 is 2.70 bits per heavy atom. The second-order valence-electron chi connectivity index (χ2n) is 5.78. The second-order valence-corrected chi connectivity index (χ2v) is 6.89. The molecular formula is C21H19NO4S. The van der Waals surface area contributed by atoms with Crippen LogP contribution < -0.4 is 5.32 Å². The van der Waals surface area contributed by atoms with E-state index in [4.69, 9.17) is 9.15 Å². The van der Waals surface area contributed by atoms with E-state index in [1.54, 1.807) is 29.5 Å². The maximum absolute atomic E-state index is 12.0. The van der Waals surface area contributed by atoms with Gasteiger partial charge in [0.25, 0.3) is 5.91 Å². The zero-order valence-electron chi connectivity index (χ0n) is 14.8. The van der Waals surface area contributed by atoms with Crippen LogP contribution in [0.4, 0.5) is 0 Å². The molecule has 3 rings (SSSR count). The highest BCUT2D eigenvalue weighted by Gasteiger charge is 2.16. The van der Waals surface area contributed by atoms with Crippen LogP contribution in [-0.4, -0.2) is 18.0 Å². The summed E-state index contributed by atoms with van der Waals surface area (Å²) in [6, 6.07) is 17.5. The summed E-state index contributed by atoms with van der Waals surface area (Å²) in [5, 5.41) is 2.65. The minimum atomic E-state index is -0.889. The Bertz CT molecular complexity index is 913. The quantitative estimate of drug-likeness (QED) is 0.490. The van der Waals surface area contributed by atoms with Crippen molar-refractivity contribution in [1.82, 2.24) is 5.32 Å². The lowest BCUT2D eigenvalue weighted by molar-refractivity contribution is -0.150. The van der Waals surface area contributed by atoms with E-state index in [2.05, 4.69) is 5.32 Å². The van der Waals surface area contributed by atoms with E-state index in [0.29, 0.717) is 5.76 Å². The van der Waals surface area contributed by atoms with E-state index in [0.717, 1.165) is 15.3 Å². The van der Waals surface area contributed by atoms with Crippen LogP contribution in [0.2, 0.25) is 0 Å². The van der Waals surface area contributed by atoms with Gasteiger partial charge >= 0.3 is 5.97 Å². The fourth-order valence-electron chi connectivity index (χ4n) is 2.35. The Morgan fingerprint density at radius 2 is 1.96 bits per heavy atom. The molecule has 1 aromatic carbocycles. The van der Waals surface area contributed by atoms with Gasteiger partial charge in [-0.2, -0.15) is 0 Å². The van der Waals surface area contributed by atoms with Gasteiger partial charge < -0.3 is 14.5 Å². The Balaban J connectivity index is 1.49. The molecule has 0 aliphatic rings. The highest BCUT2D eigenvalue weighted by Crippen LogP contribution is 2.28. The predicted octanol–water partition coefficient (Wildman–Crippen LogP) is 4.27. The zero-order valence-corrected chi connectivity index (χ0v) is 15.6. The smallest absolute Gasteiger partial charge is 0.331 e. The number of carbonyl (C=O) groups is 2. The van der Waals surface area contributed by atoms with Crippen LogP contribution in [0.5, 0.6) is 0 Å². The summed E-state index contributed by atoms with van der Waals surface area (Å²) in [7, 11) is 0. The van der Waals surface area contributed by atoms with Crippen molar-refractivity contribution in [2.45, 2.75) is 19.6 Å². The molecular weight excluding hydrogens is 362 g/mol. The lowest BCUT2D eigenvalue weighted by atomic mass is 10.2. The summed E-state index contributed by atoms with van der Waals surface area (Å²) in [5.41, 5.74) is 1.13. The normalized spacial score (nSPS) is 12.0. The average Bonchev–Trinajstić information content (AvgIpc) is 3.37. The number of rotatable bonds is 7. The number of ether oxygens (including phenoxy) is 1. The highest BCUT2D eigenvalue weighted by atomic mass is 32.1. The van der Waals surface area contributed by atoms with Gasteiger partial charge in [0.05, 0.1) is 12.8 Å². The van der Waals surface area contributed by atoms with Crippen molar-refractivity contribution in [3.63, 3.8) is 0 Å². The molecule has 1 unspecified atom stereocenters. The summed E-state index contributed by atoms with van der Waals surface area (Å²) >= 11 is 1.58. The molecule has 1 amide bonds. The third-order valence-corrected chi connectivity index (χ3v) is 4.85. The largest absolute Gasteiger partial charge is 0.467 e. The van der Waals surface area contributed by atoms with Crippen molar-refractivity contribution in [1.29, 1.82) is 0 Å². The molecule has 27 heavy (non-hydrogen) atoms. The number of carbonyl (C=O) groups excluding carboxylic acids is 2. The summed E-state index contributed by atoms with van der Waals surface area (Å²) in [6.07, 6.45) is 3.66. The first kappa shape index (κ1) is 18.7. The molecule has 0 radical (unpaired) electrons. The molecule has 138 valence electrons. The van der Waals surface area contributed by atoms with Crippen LogP contribution in [0, 0.1) is 0 Å². The monoisotopic (exact) mass is 381 g/mol. The number of amides is 1. The van der Waals surface area contributed by atoms with Crippen molar-refractivity contribution in [2.24, 2.45) is 0 Å². The van der Waals surface area contributed by atoms with E-state index in [1.165, 1.54) is 19.3 Å². The van der Waals surface area contributed by atoms with E-state index in [1.807, 2.05) is 42.5 Å². The standard InChI is InChI=1S/C21H19NO4S/c1-15(21(24)22-14-17-8-5-13-25-17)26-20(23)12-10-18-9-11-19(27-18)16-6-3-2-4-7-16/h2-13,15H,14H2,1H3,(H,22,24)/b12-10+. The molecule has 0 saturated carbocycles. The molecule has 0 aliphatic heterocycles. The molecule has 3 aromatic rings. The van der Waals surface area contributed by atoms with Gasteiger partial charge in [-0.25, -0.2) is 4.79 Å². The SMILES string of the molecule is CC(OC(=O)/C=C/c1ccc(-c2ccccc2)s1)C(=O)NCc1ccco1. The topological polar surface area (TPSA) is 68.5 Å². The Morgan fingerprint density at radius 1 is 1.15 bits per heavy atom. The predicted molar refractivity (Wildman–Crippen MR) is 105 cm³/mol. The maximum Gasteiger partial charge on any atom is 0.331 e. The molecule has 6 heteroatoms. The number of esters is 1. The van der Waals surface area contributed by atoms with Crippen molar-refractivity contribution >= 4 is 29.3 Å². The Labute approximate surface area is 161 Å². The summed E-state index contributed by atoms with van der Waals surface area (Å²) < 4.78 is 10.3. The average molecular weight is 381 g/mol. The van der Waals surface area contributed by atoms with Crippen LogP contribution in [0.1, 0.15) is 17.6 Å². The molecule has 0 fully saturated rings. The first-order valence-corrected chi connectivity index (χ1v) is 9.27. The van der Waals surface area contributed by atoms with E-state index in [-0.39, 0.29) is 12.5 Å². The van der Waals surface area contributed by atoms with Gasteiger partial charge in [-0.3, -0.25) is 4.79 Å². The number of furan rings is 1. The number of hydrogen-bond acceptors (Lipinski definition) is 5. The van der Waals surface area contributed by atoms with Gasteiger partial charge in [-0.05, 0) is 42.8 Å². The van der Waals surface area contributed by atoms with Gasteiger partial charge in [0.15, 0.2) is 6.10 Å². The van der Waals surface area contributed by atoms with Crippen molar-refractivity contribution in [3.05, 3.63) is 77.6 Å². The van der Waals surface area contributed by atoms with E-state index < -0.39 is 12.1 Å². The lowest BCUT2D eigenvalue weighted by Gasteiger charge is -2.11. The van der Waals surface area contributed by atoms with E-state index in [9.17, 15) is 9.59 Å². The van der Waals surface area contributed by atoms with Crippen LogP contribution in [0.25, 0.3) is 16.5 Å². The number of hydrogen-bond donors (Lipinski definition) is 1. The third-order valence-electron chi connectivity index (χ3n) is 3.75. The minimum Gasteiger partial charge on any atom is -0.467 e. The third kappa shape index (κ3) is 5.43. The first-order valence-electron chi connectivity index (χ1n) is 8.46. The van der Waals surface area contributed by atoms with Gasteiger partial charge in [0, 0.05) is 15.8 Å². The fraction of sp³-hybridized carbons (Fsp3) is 0.143. The molecule has 2 aromatic heterocycles. The van der Waals surface area contributed by atoms with Gasteiger partial charge in [0.2, 0.25) is 0 Å². The maximum atomic E-state index is 12.0. The molecule has 2 heterocycles. The van der Waals surface area contributed by atoms with Crippen LogP contribution in [0.3, 0.4) is 0 Å². The molecule has 0 saturated heterocycles. The van der Waals surface area contributed by atoms with Crippen molar-refractivity contribution in [2.75, 3.05) is 0 Å². The van der Waals surface area contributed by atoms with Gasteiger partial charge in [-0.1, -0.05) is 30.3 Å². The summed E-state index contributed by atoms with van der Waals surface area (Å²) in [4.78, 5) is 25.9. The molecule has 1 N–H and O–H groups in total. The Hall–Kier alpha value is -3.12. The number of benzene rings is 1. The van der Waals surface area contributed by atoms with E-state index >= 15 is 0 Å². The number of nitrogens with one attached hydrogen (secondary N) is 1. The highest BCUT2D eigenvalue weighted by molar-refractivity contribution is 7.16. The summed E-state index contributed by atoms with van der Waals surface area (Å²) in [6.45, 7) is 1.78. The van der Waals surface area contributed by atoms with Crippen molar-refractivity contribution < 1.29 is 18.7 Å². The number of thiophene rings is 1. The van der Waals surface area contributed by atoms with Crippen molar-refractivity contribution in [3.8, 4) is 10.4 Å². The minimum absolute atomic E-state index is 0.251. The van der Waals surface area contributed by atoms with Crippen LogP contribution >= 0.6 is 11.3 Å². The molecule has 5 nitrogen and oxygen atoms in total. The lowest BCUT2D eigenvalue weighted by Crippen LogP contribution is -2.35. The Kier molecular flexibility index (Phi) is 6.22. The van der Waals surface area contributed by atoms with Gasteiger partial charge in [-0.15, -0.1) is 11.3 Å². The molecule has 0 aliphatic carbocycles. The fourth-order valence-corrected chi connectivity index (χ4v) is 3.26. The van der Waals surface area contributed by atoms with Crippen LogP contribution in [0.15, 0.2) is 71.4 Å². The second kappa shape index (κ2) is 9.00. The zero-order chi connectivity index (χ0) is 19.1. The summed E-state index contributed by atoms with van der Waals surface area (Å²) in [5.74, 6) is -0.311. The molecule has 0 bridgehead atoms. The van der Waals surface area contributed by atoms with Crippen LogP contribution in [-0.2, 0) is 20.9 Å². The molecule has 1 atom stereocenters. The molecule has 0 spiro atoms. The first-order chi connectivity index (χ1) is 13.1.